The van der Waals surface area contributed by atoms with Gasteiger partial charge in [-0.25, -0.2) is 13.2 Å². The van der Waals surface area contributed by atoms with Crippen LogP contribution in [0.1, 0.15) is 45.2 Å². The summed E-state index contributed by atoms with van der Waals surface area (Å²) in [4.78, 5) is 12.0. The predicted molar refractivity (Wildman–Crippen MR) is 96.5 cm³/mol. The number of hydrogen-bond donors (Lipinski definition) is 2. The molecule has 0 aromatic heterocycles. The Morgan fingerprint density at radius 2 is 1.96 bits per heavy atom. The fraction of sp³-hybridized carbons (Fsp3) is 0.588. The van der Waals surface area contributed by atoms with Crippen LogP contribution in [0.2, 0.25) is 0 Å². The second kappa shape index (κ2) is 7.11. The van der Waals surface area contributed by atoms with E-state index in [0.717, 1.165) is 11.1 Å². The molecule has 24 heavy (non-hydrogen) atoms. The molecule has 0 atom stereocenters. The number of carbonyl (C=O) groups is 1. The van der Waals surface area contributed by atoms with Crippen molar-refractivity contribution in [2.45, 2.75) is 52.6 Å². The van der Waals surface area contributed by atoms with E-state index in [1.54, 1.807) is 0 Å². The maximum Gasteiger partial charge on any atom is 0.319 e. The van der Waals surface area contributed by atoms with E-state index in [1.165, 1.54) is 4.31 Å². The van der Waals surface area contributed by atoms with Crippen LogP contribution in [0.4, 0.5) is 10.5 Å². The molecule has 0 spiro atoms. The monoisotopic (exact) mass is 353 g/mol. The van der Waals surface area contributed by atoms with Gasteiger partial charge in [0.05, 0.1) is 5.75 Å². The van der Waals surface area contributed by atoms with Crippen molar-refractivity contribution in [2.24, 2.45) is 0 Å². The number of nitrogens with one attached hydrogen (secondary N) is 2. The first-order valence-electron chi connectivity index (χ1n) is 8.29. The van der Waals surface area contributed by atoms with Crippen molar-refractivity contribution < 1.29 is 13.2 Å². The van der Waals surface area contributed by atoms with E-state index < -0.39 is 10.0 Å². The van der Waals surface area contributed by atoms with Gasteiger partial charge >= 0.3 is 6.03 Å². The predicted octanol–water partition coefficient (Wildman–Crippen LogP) is 2.70. The molecule has 0 saturated heterocycles. The SMILES string of the molecule is CCCS(=O)(=O)N1CCc2ccc(NC(=O)NC(C)(C)C)cc2C1. The second-order valence-electron chi connectivity index (χ2n) is 7.21. The standard InChI is InChI=1S/C17H27N3O3S/c1-5-10-24(22,23)20-9-8-13-6-7-15(11-14(13)12-20)18-16(21)19-17(2,3)4/h6-7,11H,5,8-10,12H2,1-4H3,(H2,18,19,21). The Balaban J connectivity index is 2.12. The molecule has 1 heterocycles. The highest BCUT2D eigenvalue weighted by atomic mass is 32.2. The molecule has 0 fully saturated rings. The van der Waals surface area contributed by atoms with Crippen LogP contribution in [0.15, 0.2) is 18.2 Å². The summed E-state index contributed by atoms with van der Waals surface area (Å²) in [7, 11) is -3.20. The van der Waals surface area contributed by atoms with Crippen LogP contribution in [0.5, 0.6) is 0 Å². The average molecular weight is 353 g/mol. The van der Waals surface area contributed by atoms with E-state index in [9.17, 15) is 13.2 Å². The van der Waals surface area contributed by atoms with Crippen molar-refractivity contribution in [3.63, 3.8) is 0 Å². The Hall–Kier alpha value is -1.60. The highest BCUT2D eigenvalue weighted by Gasteiger charge is 2.26. The maximum atomic E-state index is 12.3. The lowest BCUT2D eigenvalue weighted by Gasteiger charge is -2.28. The zero-order valence-electron chi connectivity index (χ0n) is 14.8. The third kappa shape index (κ3) is 4.95. The lowest BCUT2D eigenvalue weighted by atomic mass is 10.0. The first-order valence-corrected chi connectivity index (χ1v) is 9.90. The lowest BCUT2D eigenvalue weighted by molar-refractivity contribution is 0.244. The van der Waals surface area contributed by atoms with Crippen LogP contribution in [-0.4, -0.2) is 36.6 Å². The third-order valence-corrected chi connectivity index (χ3v) is 5.81. The van der Waals surface area contributed by atoms with Crippen LogP contribution < -0.4 is 10.6 Å². The van der Waals surface area contributed by atoms with Crippen LogP contribution in [0.3, 0.4) is 0 Å². The average Bonchev–Trinajstić information content (AvgIpc) is 2.44. The van der Waals surface area contributed by atoms with Crippen molar-refractivity contribution in [1.29, 1.82) is 0 Å². The Morgan fingerprint density at radius 1 is 1.25 bits per heavy atom. The third-order valence-electron chi connectivity index (χ3n) is 3.79. The van der Waals surface area contributed by atoms with Gasteiger partial charge in [0.25, 0.3) is 0 Å². The lowest BCUT2D eigenvalue weighted by Crippen LogP contribution is -2.43. The topological polar surface area (TPSA) is 78.5 Å². The molecule has 1 aliphatic rings. The number of carbonyl (C=O) groups excluding carboxylic acids is 1. The summed E-state index contributed by atoms with van der Waals surface area (Å²) < 4.78 is 26.1. The Bertz CT molecular complexity index is 708. The number of hydrogen-bond acceptors (Lipinski definition) is 3. The fourth-order valence-electron chi connectivity index (χ4n) is 2.74. The van der Waals surface area contributed by atoms with Gasteiger partial charge in [0.15, 0.2) is 0 Å². The highest BCUT2D eigenvalue weighted by molar-refractivity contribution is 7.89. The van der Waals surface area contributed by atoms with Gasteiger partial charge in [-0.05, 0) is 56.9 Å². The molecule has 2 rings (SSSR count). The molecule has 134 valence electrons. The van der Waals surface area contributed by atoms with E-state index in [2.05, 4.69) is 10.6 Å². The molecule has 2 N–H and O–H groups in total. The van der Waals surface area contributed by atoms with Gasteiger partial charge in [-0.15, -0.1) is 0 Å². The van der Waals surface area contributed by atoms with Gasteiger partial charge in [0.2, 0.25) is 10.0 Å². The Labute approximate surface area is 144 Å². The molecule has 1 aromatic carbocycles. The molecule has 7 heteroatoms. The molecular weight excluding hydrogens is 326 g/mol. The van der Waals surface area contributed by atoms with Crippen LogP contribution in [-0.2, 0) is 23.0 Å². The number of amides is 2. The molecule has 6 nitrogen and oxygen atoms in total. The summed E-state index contributed by atoms with van der Waals surface area (Å²) in [6.45, 7) is 8.49. The first kappa shape index (κ1) is 18.7. The quantitative estimate of drug-likeness (QED) is 0.873. The summed E-state index contributed by atoms with van der Waals surface area (Å²) in [6.07, 6.45) is 1.31. The van der Waals surface area contributed by atoms with Crippen molar-refractivity contribution in [2.75, 3.05) is 17.6 Å². The second-order valence-corrected chi connectivity index (χ2v) is 9.30. The number of nitrogens with zero attached hydrogens (tertiary/aromatic N) is 1. The Morgan fingerprint density at radius 3 is 2.58 bits per heavy atom. The van der Waals surface area contributed by atoms with E-state index in [-0.39, 0.29) is 17.3 Å². The normalized spacial score (nSPS) is 15.7. The minimum Gasteiger partial charge on any atom is -0.333 e. The van der Waals surface area contributed by atoms with E-state index >= 15 is 0 Å². The molecule has 2 amide bonds. The zero-order valence-corrected chi connectivity index (χ0v) is 15.7. The van der Waals surface area contributed by atoms with Gasteiger partial charge in [-0.3, -0.25) is 0 Å². The van der Waals surface area contributed by atoms with E-state index in [0.29, 0.717) is 31.6 Å². The minimum atomic E-state index is -3.20. The van der Waals surface area contributed by atoms with Gasteiger partial charge in [-0.2, -0.15) is 4.31 Å². The smallest absolute Gasteiger partial charge is 0.319 e. The molecule has 1 aromatic rings. The zero-order chi connectivity index (χ0) is 18.0. The number of rotatable bonds is 4. The van der Waals surface area contributed by atoms with Crippen LogP contribution in [0.25, 0.3) is 0 Å². The Kier molecular flexibility index (Phi) is 5.55. The van der Waals surface area contributed by atoms with Crippen LogP contribution in [0, 0.1) is 0 Å². The van der Waals surface area contributed by atoms with Crippen molar-refractivity contribution >= 4 is 21.7 Å². The summed E-state index contributed by atoms with van der Waals surface area (Å²) in [5.74, 6) is 0.175. The molecule has 0 unspecified atom stereocenters. The number of fused-ring (bicyclic) bond motifs is 1. The van der Waals surface area contributed by atoms with Crippen molar-refractivity contribution in [3.8, 4) is 0 Å². The maximum absolute atomic E-state index is 12.3. The summed E-state index contributed by atoms with van der Waals surface area (Å²) in [5.41, 5.74) is 2.45. The van der Waals surface area contributed by atoms with Gasteiger partial charge in [0.1, 0.15) is 0 Å². The summed E-state index contributed by atoms with van der Waals surface area (Å²) >= 11 is 0. The molecule has 0 aliphatic carbocycles. The minimum absolute atomic E-state index is 0.175. The molecule has 0 radical (unpaired) electrons. The summed E-state index contributed by atoms with van der Waals surface area (Å²) in [6, 6.07) is 5.42. The van der Waals surface area contributed by atoms with Crippen molar-refractivity contribution in [1.82, 2.24) is 9.62 Å². The van der Waals surface area contributed by atoms with E-state index in [4.69, 9.17) is 0 Å². The molecular formula is C17H27N3O3S. The number of anilines is 1. The number of urea groups is 1. The number of sulfonamides is 1. The van der Waals surface area contributed by atoms with Crippen LogP contribution >= 0.6 is 0 Å². The van der Waals surface area contributed by atoms with Gasteiger partial charge < -0.3 is 10.6 Å². The van der Waals surface area contributed by atoms with E-state index in [1.807, 2.05) is 45.9 Å². The number of benzene rings is 1. The highest BCUT2D eigenvalue weighted by Crippen LogP contribution is 2.24. The van der Waals surface area contributed by atoms with Gasteiger partial charge in [0, 0.05) is 24.3 Å². The van der Waals surface area contributed by atoms with Crippen molar-refractivity contribution in [3.05, 3.63) is 29.3 Å². The largest absolute Gasteiger partial charge is 0.333 e. The van der Waals surface area contributed by atoms with Gasteiger partial charge in [-0.1, -0.05) is 13.0 Å². The molecule has 0 saturated carbocycles. The first-order chi connectivity index (χ1) is 11.1. The summed E-state index contributed by atoms with van der Waals surface area (Å²) in [5, 5.41) is 5.65. The molecule has 0 bridgehead atoms. The fourth-order valence-corrected chi connectivity index (χ4v) is 4.22. The molecule has 1 aliphatic heterocycles.